The quantitative estimate of drug-likeness (QED) is 0.543. The van der Waals surface area contributed by atoms with E-state index in [1.165, 1.54) is 13.3 Å². The Bertz CT molecular complexity index is 571. The molecule has 2 rings (SSSR count). The summed E-state index contributed by atoms with van der Waals surface area (Å²) >= 11 is 36.3. The monoisotopic (exact) mass is 423 g/mol. The highest BCUT2D eigenvalue weighted by Gasteiger charge is 2.54. The van der Waals surface area contributed by atoms with E-state index in [4.69, 9.17) is 74.3 Å². The number of hydrogen-bond acceptors (Lipinski definition) is 4. The minimum absolute atomic E-state index is 0.511. The van der Waals surface area contributed by atoms with Gasteiger partial charge in [0.15, 0.2) is 0 Å². The number of nitrogens with one attached hydrogen (secondary N) is 2. The van der Waals surface area contributed by atoms with Crippen molar-refractivity contribution in [2.45, 2.75) is 13.2 Å². The molecular weight excluding hydrogens is 415 g/mol. The van der Waals surface area contributed by atoms with E-state index in [1.807, 2.05) is 0 Å². The van der Waals surface area contributed by atoms with Crippen LogP contribution in [0.1, 0.15) is 5.56 Å². The van der Waals surface area contributed by atoms with Gasteiger partial charge in [-0.25, -0.2) is 5.43 Å². The maximum absolute atomic E-state index is 6.23. The van der Waals surface area contributed by atoms with Gasteiger partial charge in [0, 0.05) is 11.8 Å². The fraction of sp³-hybridized carbons (Fsp3) is 0.333. The van der Waals surface area contributed by atoms with Crippen LogP contribution in [0, 0.1) is 0 Å². The van der Waals surface area contributed by atoms with Gasteiger partial charge in [0.25, 0.3) is 3.92 Å². The van der Waals surface area contributed by atoms with Crippen molar-refractivity contribution in [3.63, 3.8) is 0 Å². The molecule has 1 aliphatic heterocycles. The molecule has 0 bridgehead atoms. The van der Waals surface area contributed by atoms with Gasteiger partial charge < -0.3 is 10.2 Å². The van der Waals surface area contributed by atoms with Crippen LogP contribution in [0.15, 0.2) is 36.5 Å². The summed E-state index contributed by atoms with van der Waals surface area (Å²) in [5.41, 5.74) is 4.87. The van der Waals surface area contributed by atoms with Gasteiger partial charge in [0.1, 0.15) is 11.3 Å². The van der Waals surface area contributed by atoms with Gasteiger partial charge in [-0.2, -0.15) is 0 Å². The summed E-state index contributed by atoms with van der Waals surface area (Å²) in [6.07, 6.45) is 3.12. The molecule has 0 saturated carbocycles. The van der Waals surface area contributed by atoms with Gasteiger partial charge in [0.2, 0.25) is 3.79 Å². The highest BCUT2D eigenvalue weighted by atomic mass is 35.6. The Kier molecular flexibility index (Phi) is 5.58. The molecule has 1 heterocycles. The predicted molar refractivity (Wildman–Crippen MR) is 92.5 cm³/mol. The molecule has 0 radical (unpaired) electrons. The summed E-state index contributed by atoms with van der Waals surface area (Å²) in [6.45, 7) is 0. The van der Waals surface area contributed by atoms with Gasteiger partial charge in [-0.3, -0.25) is 0 Å². The van der Waals surface area contributed by atoms with E-state index in [9.17, 15) is 0 Å². The highest BCUT2D eigenvalue weighted by molar-refractivity contribution is 6.69. The van der Waals surface area contributed by atoms with Crippen LogP contribution >= 0.6 is 69.6 Å². The predicted octanol–water partition coefficient (Wildman–Crippen LogP) is 4.43. The Morgan fingerprint density at radius 3 is 2.27 bits per heavy atom. The van der Waals surface area contributed by atoms with Crippen molar-refractivity contribution in [3.05, 3.63) is 42.1 Å². The molecule has 0 spiro atoms. The van der Waals surface area contributed by atoms with Crippen molar-refractivity contribution in [1.29, 1.82) is 0 Å². The molecule has 1 atom stereocenters. The maximum Gasteiger partial charge on any atom is 0.277 e. The summed E-state index contributed by atoms with van der Waals surface area (Å²) in [5, 5.41) is 1.10. The number of ether oxygens (including phenoxy) is 1. The Morgan fingerprint density at radius 1 is 1.09 bits per heavy atom. The molecule has 1 aliphatic rings. The van der Waals surface area contributed by atoms with E-state index in [1.54, 1.807) is 30.3 Å². The van der Waals surface area contributed by atoms with E-state index < -0.39 is 13.2 Å². The van der Waals surface area contributed by atoms with Crippen molar-refractivity contribution in [2.75, 3.05) is 7.11 Å². The van der Waals surface area contributed by atoms with Gasteiger partial charge in [-0.1, -0.05) is 87.8 Å². The zero-order valence-corrected chi connectivity index (χ0v) is 15.6. The molecule has 122 valence electrons. The second kappa shape index (κ2) is 6.61. The first kappa shape index (κ1) is 18.6. The second-order valence-electron chi connectivity index (χ2n) is 4.38. The molecule has 22 heavy (non-hydrogen) atoms. The van der Waals surface area contributed by atoms with E-state index in [0.717, 1.165) is 5.12 Å². The average molecular weight is 426 g/mol. The van der Waals surface area contributed by atoms with Gasteiger partial charge in [-0.15, -0.1) is 5.12 Å². The number of nitrogens with zero attached hydrogens (tertiary/aromatic N) is 1. The number of benzene rings is 1. The lowest BCUT2D eigenvalue weighted by molar-refractivity contribution is 0.0662. The van der Waals surface area contributed by atoms with Crippen LogP contribution in [0.4, 0.5) is 0 Å². The van der Waals surface area contributed by atoms with Crippen molar-refractivity contribution < 1.29 is 4.74 Å². The molecule has 1 aromatic carbocycles. The standard InChI is InChI=1S/C12H11Cl6N3O/c1-22-9-5-3-2-4-8(9)10(11(13,14)15)6-7-19-21(20-10)12(16,17)18/h2-7,19-20H,1H3. The molecule has 1 aromatic rings. The minimum atomic E-state index is -1.83. The Morgan fingerprint density at radius 2 is 1.73 bits per heavy atom. The molecule has 0 aromatic heterocycles. The first-order valence-electron chi connectivity index (χ1n) is 5.91. The Labute approximate surface area is 158 Å². The van der Waals surface area contributed by atoms with Crippen molar-refractivity contribution in [3.8, 4) is 5.75 Å². The van der Waals surface area contributed by atoms with E-state index >= 15 is 0 Å². The lowest BCUT2D eigenvalue weighted by atomic mass is 9.90. The number of methoxy groups -OCH3 is 1. The number of para-hydroxylation sites is 1. The number of hydrogen-bond donors (Lipinski definition) is 2. The molecule has 0 amide bonds. The normalized spacial score (nSPS) is 23.2. The molecule has 10 heteroatoms. The second-order valence-corrected chi connectivity index (χ2v) is 8.89. The molecule has 0 fully saturated rings. The van der Waals surface area contributed by atoms with Crippen molar-refractivity contribution in [2.24, 2.45) is 0 Å². The van der Waals surface area contributed by atoms with Crippen LogP contribution < -0.4 is 15.6 Å². The SMILES string of the molecule is COc1ccccc1C1(C(Cl)(Cl)Cl)C=CNN(C(Cl)(Cl)Cl)N1. The number of halogens is 6. The largest absolute Gasteiger partial charge is 0.496 e. The van der Waals surface area contributed by atoms with Crippen LogP contribution in [0.5, 0.6) is 5.75 Å². The Balaban J connectivity index is 2.60. The van der Waals surface area contributed by atoms with Crippen molar-refractivity contribution >= 4 is 69.6 Å². The molecule has 4 nitrogen and oxygen atoms in total. The van der Waals surface area contributed by atoms with Crippen LogP contribution in [0.25, 0.3) is 0 Å². The molecular formula is C12H11Cl6N3O. The average Bonchev–Trinajstić information content (AvgIpc) is 2.45. The third-order valence-electron chi connectivity index (χ3n) is 3.06. The fourth-order valence-corrected chi connectivity index (χ4v) is 2.94. The van der Waals surface area contributed by atoms with E-state index in [2.05, 4.69) is 10.9 Å². The third kappa shape index (κ3) is 3.50. The third-order valence-corrected chi connectivity index (χ3v) is 4.46. The number of alkyl halides is 6. The maximum atomic E-state index is 6.23. The lowest BCUT2D eigenvalue weighted by Gasteiger charge is -2.46. The number of rotatable bonds is 2. The highest BCUT2D eigenvalue weighted by Crippen LogP contribution is 2.50. The molecule has 0 aliphatic carbocycles. The topological polar surface area (TPSA) is 36.5 Å². The summed E-state index contributed by atoms with van der Waals surface area (Å²) in [5.74, 6) is 0.511. The van der Waals surface area contributed by atoms with Crippen LogP contribution in [0.2, 0.25) is 0 Å². The van der Waals surface area contributed by atoms with E-state index in [-0.39, 0.29) is 0 Å². The molecule has 1 unspecified atom stereocenters. The van der Waals surface area contributed by atoms with Gasteiger partial charge >= 0.3 is 0 Å². The van der Waals surface area contributed by atoms with Crippen LogP contribution in [-0.2, 0) is 5.54 Å². The zero-order chi connectivity index (χ0) is 16.6. The molecule has 2 N–H and O–H groups in total. The fourth-order valence-electron chi connectivity index (χ4n) is 2.05. The summed E-state index contributed by atoms with van der Waals surface area (Å²) in [4.78, 5) is 0. The van der Waals surface area contributed by atoms with Gasteiger partial charge in [0.05, 0.1) is 7.11 Å². The van der Waals surface area contributed by atoms with E-state index in [0.29, 0.717) is 11.3 Å². The molecule has 0 saturated heterocycles. The van der Waals surface area contributed by atoms with Crippen LogP contribution in [-0.4, -0.2) is 19.9 Å². The lowest BCUT2D eigenvalue weighted by Crippen LogP contribution is -2.66. The van der Waals surface area contributed by atoms with Crippen molar-refractivity contribution in [1.82, 2.24) is 16.0 Å². The summed E-state index contributed by atoms with van der Waals surface area (Å²) in [7, 11) is 1.52. The first-order chi connectivity index (χ1) is 10.1. The van der Waals surface area contributed by atoms with Crippen LogP contribution in [0.3, 0.4) is 0 Å². The summed E-state index contributed by atoms with van der Waals surface area (Å²) in [6, 6.07) is 7.07. The zero-order valence-electron chi connectivity index (χ0n) is 11.1. The minimum Gasteiger partial charge on any atom is -0.496 e. The first-order valence-corrected chi connectivity index (χ1v) is 8.17. The number of hydrazine groups is 2. The summed E-state index contributed by atoms with van der Waals surface area (Å²) < 4.78 is 1.72. The smallest absolute Gasteiger partial charge is 0.277 e. The van der Waals surface area contributed by atoms with Gasteiger partial charge in [-0.05, 0) is 12.1 Å². The Hall–Kier alpha value is 0.220.